The van der Waals surface area contributed by atoms with Gasteiger partial charge in [0.2, 0.25) is 11.7 Å². The van der Waals surface area contributed by atoms with Gasteiger partial charge >= 0.3 is 0 Å². The number of halogens is 2. The van der Waals surface area contributed by atoms with E-state index < -0.39 is 5.82 Å². The van der Waals surface area contributed by atoms with Crippen LogP contribution in [-0.4, -0.2) is 52.0 Å². The van der Waals surface area contributed by atoms with Gasteiger partial charge in [0, 0.05) is 36.2 Å². The lowest BCUT2D eigenvalue weighted by atomic mass is 10.1. The van der Waals surface area contributed by atoms with E-state index in [0.29, 0.717) is 47.9 Å². The summed E-state index contributed by atoms with van der Waals surface area (Å²) in [5, 5.41) is 4.11. The second kappa shape index (κ2) is 8.65. The molecule has 1 fully saturated rings. The first-order valence-electron chi connectivity index (χ1n) is 9.81. The molecule has 1 aliphatic heterocycles. The number of aryl methyl sites for hydroxylation is 1. The molecule has 0 aliphatic carbocycles. The Labute approximate surface area is 182 Å². The Bertz CT molecular complexity index is 1050. The van der Waals surface area contributed by atoms with E-state index in [0.717, 1.165) is 5.56 Å². The summed E-state index contributed by atoms with van der Waals surface area (Å²) in [5.41, 5.74) is 2.43. The quantitative estimate of drug-likeness (QED) is 0.560. The van der Waals surface area contributed by atoms with Crippen molar-refractivity contribution >= 4 is 21.8 Å². The Morgan fingerprint density at radius 2 is 1.83 bits per heavy atom. The molecule has 4 rings (SSSR count). The molecule has 156 valence electrons. The van der Waals surface area contributed by atoms with Gasteiger partial charge in [-0.1, -0.05) is 35.0 Å². The first-order chi connectivity index (χ1) is 14.4. The van der Waals surface area contributed by atoms with Crippen LogP contribution in [0.1, 0.15) is 34.8 Å². The monoisotopic (exact) mass is 472 g/mol. The molecule has 1 saturated heterocycles. The van der Waals surface area contributed by atoms with Crippen LogP contribution < -0.4 is 0 Å². The van der Waals surface area contributed by atoms with Gasteiger partial charge in [-0.15, -0.1) is 0 Å². The summed E-state index contributed by atoms with van der Waals surface area (Å²) in [6, 6.07) is 12.1. The van der Waals surface area contributed by atoms with Crippen LogP contribution in [0, 0.1) is 12.7 Å². The zero-order valence-electron chi connectivity index (χ0n) is 16.8. The Balaban J connectivity index is 1.40. The minimum absolute atomic E-state index is 0.0603. The first kappa shape index (κ1) is 20.7. The lowest BCUT2D eigenvalue weighted by Gasteiger charge is -2.37. The van der Waals surface area contributed by atoms with Crippen molar-refractivity contribution in [1.29, 1.82) is 0 Å². The van der Waals surface area contributed by atoms with Crippen LogP contribution in [0.25, 0.3) is 11.4 Å². The van der Waals surface area contributed by atoms with Crippen LogP contribution in [-0.2, 0) is 0 Å². The Morgan fingerprint density at radius 3 is 2.53 bits per heavy atom. The fourth-order valence-corrected chi connectivity index (χ4v) is 3.94. The number of carbonyl (C=O) groups excluding carboxylic acids is 1. The highest BCUT2D eigenvalue weighted by atomic mass is 79.9. The molecule has 0 saturated carbocycles. The smallest absolute Gasteiger partial charge is 0.255 e. The molecule has 1 atom stereocenters. The number of benzene rings is 2. The van der Waals surface area contributed by atoms with E-state index in [1.165, 1.54) is 17.7 Å². The SMILES string of the molecule is Cc1ccc(-c2noc(C(C)N3CCN(C(=O)c4cc(F)ccc4Br)CC3)n2)cc1. The summed E-state index contributed by atoms with van der Waals surface area (Å²) in [5.74, 6) is 0.530. The predicted molar refractivity (Wildman–Crippen MR) is 114 cm³/mol. The molecule has 6 nitrogen and oxygen atoms in total. The van der Waals surface area contributed by atoms with Gasteiger partial charge in [0.1, 0.15) is 5.82 Å². The average Bonchev–Trinajstić information content (AvgIpc) is 3.25. The molecule has 8 heteroatoms. The van der Waals surface area contributed by atoms with Gasteiger partial charge in [-0.2, -0.15) is 4.98 Å². The zero-order chi connectivity index (χ0) is 21.3. The van der Waals surface area contributed by atoms with Gasteiger partial charge in [-0.05, 0) is 48.0 Å². The van der Waals surface area contributed by atoms with E-state index >= 15 is 0 Å². The van der Waals surface area contributed by atoms with Gasteiger partial charge in [0.25, 0.3) is 5.91 Å². The molecule has 2 aromatic carbocycles. The molecule has 0 N–H and O–H groups in total. The van der Waals surface area contributed by atoms with Crippen molar-refractivity contribution in [2.24, 2.45) is 0 Å². The first-order valence-corrected chi connectivity index (χ1v) is 10.6. The van der Waals surface area contributed by atoms with Crippen molar-refractivity contribution in [1.82, 2.24) is 19.9 Å². The van der Waals surface area contributed by atoms with Crippen LogP contribution in [0.3, 0.4) is 0 Å². The number of carbonyl (C=O) groups is 1. The topological polar surface area (TPSA) is 62.5 Å². The molecule has 0 radical (unpaired) electrons. The number of hydrogen-bond acceptors (Lipinski definition) is 5. The second-order valence-corrected chi connectivity index (χ2v) is 8.30. The summed E-state index contributed by atoms with van der Waals surface area (Å²) < 4.78 is 19.7. The number of rotatable bonds is 4. The highest BCUT2D eigenvalue weighted by molar-refractivity contribution is 9.10. The van der Waals surface area contributed by atoms with Crippen molar-refractivity contribution < 1.29 is 13.7 Å². The number of nitrogens with zero attached hydrogens (tertiary/aromatic N) is 4. The fourth-order valence-electron chi connectivity index (χ4n) is 3.53. The minimum Gasteiger partial charge on any atom is -0.337 e. The number of amides is 1. The maximum absolute atomic E-state index is 13.6. The number of aromatic nitrogens is 2. The Kier molecular flexibility index (Phi) is 5.97. The van der Waals surface area contributed by atoms with Crippen molar-refractivity contribution in [3.8, 4) is 11.4 Å². The molecular formula is C22H22BrFN4O2. The highest BCUT2D eigenvalue weighted by Gasteiger charge is 2.29. The highest BCUT2D eigenvalue weighted by Crippen LogP contribution is 2.25. The summed E-state index contributed by atoms with van der Waals surface area (Å²) in [6.45, 7) is 6.48. The average molecular weight is 473 g/mol. The molecule has 1 amide bonds. The second-order valence-electron chi connectivity index (χ2n) is 7.45. The summed E-state index contributed by atoms with van der Waals surface area (Å²) in [6.07, 6.45) is 0. The van der Waals surface area contributed by atoms with Gasteiger partial charge in [0.05, 0.1) is 11.6 Å². The van der Waals surface area contributed by atoms with Gasteiger partial charge in [0.15, 0.2) is 0 Å². The van der Waals surface area contributed by atoms with Gasteiger partial charge < -0.3 is 9.42 Å². The molecule has 2 heterocycles. The normalized spacial score (nSPS) is 15.9. The molecule has 30 heavy (non-hydrogen) atoms. The molecule has 3 aromatic rings. The lowest BCUT2D eigenvalue weighted by Crippen LogP contribution is -2.49. The molecule has 1 unspecified atom stereocenters. The van der Waals surface area contributed by atoms with E-state index in [4.69, 9.17) is 4.52 Å². The Hall–Kier alpha value is -2.58. The molecule has 1 aromatic heterocycles. The van der Waals surface area contributed by atoms with Crippen molar-refractivity contribution in [3.05, 3.63) is 69.8 Å². The van der Waals surface area contributed by atoms with Crippen molar-refractivity contribution in [3.63, 3.8) is 0 Å². The predicted octanol–water partition coefficient (Wildman–Crippen LogP) is 4.47. The van der Waals surface area contributed by atoms with Crippen LogP contribution in [0.5, 0.6) is 0 Å². The third-order valence-electron chi connectivity index (χ3n) is 5.42. The standard InChI is InChI=1S/C22H22BrFN4O2/c1-14-3-5-16(6-4-14)20-25-21(30-26-20)15(2)27-9-11-28(12-10-27)22(29)18-13-17(24)7-8-19(18)23/h3-8,13,15H,9-12H2,1-2H3. The number of hydrogen-bond donors (Lipinski definition) is 0. The third-order valence-corrected chi connectivity index (χ3v) is 6.11. The largest absolute Gasteiger partial charge is 0.337 e. The van der Waals surface area contributed by atoms with Crippen molar-refractivity contribution in [2.75, 3.05) is 26.2 Å². The zero-order valence-corrected chi connectivity index (χ0v) is 18.4. The van der Waals surface area contributed by atoms with E-state index in [1.54, 1.807) is 11.0 Å². The van der Waals surface area contributed by atoms with Crippen LogP contribution >= 0.6 is 15.9 Å². The number of piperazine rings is 1. The molecule has 0 spiro atoms. The van der Waals surface area contributed by atoms with E-state index in [9.17, 15) is 9.18 Å². The van der Waals surface area contributed by atoms with Crippen LogP contribution in [0.2, 0.25) is 0 Å². The third kappa shape index (κ3) is 4.29. The van der Waals surface area contributed by atoms with E-state index in [2.05, 4.69) is 31.0 Å². The molecule has 0 bridgehead atoms. The van der Waals surface area contributed by atoms with Gasteiger partial charge in [-0.25, -0.2) is 4.39 Å². The maximum Gasteiger partial charge on any atom is 0.255 e. The van der Waals surface area contributed by atoms with E-state index in [1.807, 2.05) is 38.1 Å². The summed E-state index contributed by atoms with van der Waals surface area (Å²) in [7, 11) is 0. The summed E-state index contributed by atoms with van der Waals surface area (Å²) in [4.78, 5) is 21.3. The van der Waals surface area contributed by atoms with Crippen LogP contribution in [0.15, 0.2) is 51.5 Å². The fraction of sp³-hybridized carbons (Fsp3) is 0.318. The lowest BCUT2D eigenvalue weighted by molar-refractivity contribution is 0.0550. The van der Waals surface area contributed by atoms with E-state index in [-0.39, 0.29) is 11.9 Å². The minimum atomic E-state index is -0.422. The summed E-state index contributed by atoms with van der Waals surface area (Å²) >= 11 is 3.34. The Morgan fingerprint density at radius 1 is 1.13 bits per heavy atom. The van der Waals surface area contributed by atoms with Crippen molar-refractivity contribution in [2.45, 2.75) is 19.9 Å². The molecular weight excluding hydrogens is 451 g/mol. The maximum atomic E-state index is 13.6. The molecule has 1 aliphatic rings. The van der Waals surface area contributed by atoms with Crippen LogP contribution in [0.4, 0.5) is 4.39 Å². The van der Waals surface area contributed by atoms with Gasteiger partial charge in [-0.3, -0.25) is 9.69 Å².